The van der Waals surface area contributed by atoms with E-state index in [0.29, 0.717) is 5.69 Å². The van der Waals surface area contributed by atoms with Gasteiger partial charge in [-0.3, -0.25) is 0 Å². The fraction of sp³-hybridized carbons (Fsp3) is 0.111. The quantitative estimate of drug-likeness (QED) is 0.669. The highest BCUT2D eigenvalue weighted by molar-refractivity contribution is 6.33. The Morgan fingerprint density at radius 2 is 1.70 bits per heavy atom. The molecular formula is C18H15ClN2O2. The summed E-state index contributed by atoms with van der Waals surface area (Å²) in [5.74, 6) is -0.474. The molecule has 0 unspecified atom stereocenters. The highest BCUT2D eigenvalue weighted by Gasteiger charge is 2.25. The van der Waals surface area contributed by atoms with E-state index in [1.165, 1.54) is 0 Å². The van der Waals surface area contributed by atoms with Gasteiger partial charge < -0.3 is 4.74 Å². The van der Waals surface area contributed by atoms with Gasteiger partial charge in [-0.1, -0.05) is 60.1 Å². The summed E-state index contributed by atoms with van der Waals surface area (Å²) in [6.07, 6.45) is 0. The second kappa shape index (κ2) is 6.67. The van der Waals surface area contributed by atoms with Crippen molar-refractivity contribution in [2.24, 2.45) is 0 Å². The summed E-state index contributed by atoms with van der Waals surface area (Å²) in [6.45, 7) is 2.04. The second-order valence-corrected chi connectivity index (χ2v) is 5.21. The molecule has 0 bridgehead atoms. The average molecular weight is 327 g/mol. The van der Waals surface area contributed by atoms with Crippen LogP contribution >= 0.6 is 11.6 Å². The number of para-hydroxylation sites is 1. The van der Waals surface area contributed by atoms with Crippen LogP contribution in [-0.4, -0.2) is 22.4 Å². The summed E-state index contributed by atoms with van der Waals surface area (Å²) in [5.41, 5.74) is 2.39. The molecule has 5 heteroatoms. The molecule has 0 saturated carbocycles. The standard InChI is InChI=1S/C18H15ClN2O2/c1-2-23-18(22)15-16(13-9-5-3-6-10-13)20-21(17(15)19)14-11-7-4-8-12-14/h3-12H,2H2,1H3. The number of nitrogens with zero attached hydrogens (tertiary/aromatic N) is 2. The molecule has 23 heavy (non-hydrogen) atoms. The van der Waals surface area contributed by atoms with Gasteiger partial charge in [0.15, 0.2) is 0 Å². The first-order valence-corrected chi connectivity index (χ1v) is 7.66. The summed E-state index contributed by atoms with van der Waals surface area (Å²) in [5, 5.41) is 4.78. The number of carbonyl (C=O) groups excluding carboxylic acids is 1. The average Bonchev–Trinajstić information content (AvgIpc) is 2.94. The summed E-state index contributed by atoms with van der Waals surface area (Å²) in [6, 6.07) is 18.9. The Morgan fingerprint density at radius 1 is 1.09 bits per heavy atom. The number of halogens is 1. The first-order chi connectivity index (χ1) is 11.2. The lowest BCUT2D eigenvalue weighted by Gasteiger charge is -2.03. The molecule has 0 aliphatic heterocycles. The van der Waals surface area contributed by atoms with E-state index in [1.807, 2.05) is 60.7 Å². The largest absolute Gasteiger partial charge is 0.462 e. The number of hydrogen-bond acceptors (Lipinski definition) is 3. The fourth-order valence-corrected chi connectivity index (χ4v) is 2.62. The Hall–Kier alpha value is -2.59. The van der Waals surface area contributed by atoms with Crippen LogP contribution in [0.3, 0.4) is 0 Å². The van der Waals surface area contributed by atoms with E-state index in [4.69, 9.17) is 16.3 Å². The molecule has 3 aromatic rings. The van der Waals surface area contributed by atoms with E-state index in [-0.39, 0.29) is 17.3 Å². The predicted octanol–water partition coefficient (Wildman–Crippen LogP) is 4.37. The number of carbonyl (C=O) groups is 1. The summed E-state index contributed by atoms with van der Waals surface area (Å²) in [7, 11) is 0. The van der Waals surface area contributed by atoms with Crippen LogP contribution in [0, 0.1) is 0 Å². The highest BCUT2D eigenvalue weighted by atomic mass is 35.5. The minimum absolute atomic E-state index is 0.244. The topological polar surface area (TPSA) is 44.1 Å². The van der Waals surface area contributed by atoms with Crippen LogP contribution < -0.4 is 0 Å². The van der Waals surface area contributed by atoms with Crippen molar-refractivity contribution in [1.29, 1.82) is 0 Å². The number of benzene rings is 2. The molecule has 4 nitrogen and oxygen atoms in total. The van der Waals surface area contributed by atoms with E-state index < -0.39 is 5.97 Å². The molecule has 0 fully saturated rings. The molecule has 2 aromatic carbocycles. The van der Waals surface area contributed by atoms with Crippen LogP contribution in [0.25, 0.3) is 16.9 Å². The van der Waals surface area contributed by atoms with Crippen LogP contribution in [0.1, 0.15) is 17.3 Å². The van der Waals surface area contributed by atoms with Gasteiger partial charge in [-0.25, -0.2) is 9.48 Å². The van der Waals surface area contributed by atoms with Gasteiger partial charge in [-0.05, 0) is 19.1 Å². The molecule has 0 spiro atoms. The van der Waals surface area contributed by atoms with Crippen LogP contribution in [0.15, 0.2) is 60.7 Å². The minimum atomic E-state index is -0.474. The van der Waals surface area contributed by atoms with Gasteiger partial charge in [-0.15, -0.1) is 0 Å². The molecule has 0 atom stereocenters. The molecule has 1 aromatic heterocycles. The van der Waals surface area contributed by atoms with E-state index in [9.17, 15) is 4.79 Å². The molecule has 0 saturated heterocycles. The highest BCUT2D eigenvalue weighted by Crippen LogP contribution is 2.31. The molecule has 1 heterocycles. The third-order valence-electron chi connectivity index (χ3n) is 3.36. The number of hydrogen-bond donors (Lipinski definition) is 0. The van der Waals surface area contributed by atoms with Crippen molar-refractivity contribution < 1.29 is 9.53 Å². The lowest BCUT2D eigenvalue weighted by molar-refractivity contribution is 0.0527. The third-order valence-corrected chi connectivity index (χ3v) is 3.71. The molecular weight excluding hydrogens is 312 g/mol. The number of esters is 1. The summed E-state index contributed by atoms with van der Waals surface area (Å²) < 4.78 is 6.70. The van der Waals surface area contributed by atoms with Gasteiger partial charge in [0.1, 0.15) is 16.4 Å². The van der Waals surface area contributed by atoms with Gasteiger partial charge in [0.05, 0.1) is 12.3 Å². The molecule has 0 aliphatic carbocycles. The molecule has 0 aliphatic rings. The lowest BCUT2D eigenvalue weighted by Crippen LogP contribution is -2.06. The Kier molecular flexibility index (Phi) is 4.44. The first-order valence-electron chi connectivity index (χ1n) is 7.29. The van der Waals surface area contributed by atoms with Crippen molar-refractivity contribution in [1.82, 2.24) is 9.78 Å². The van der Waals surface area contributed by atoms with E-state index >= 15 is 0 Å². The fourth-order valence-electron chi connectivity index (χ4n) is 2.32. The van der Waals surface area contributed by atoms with Crippen LogP contribution in [0.2, 0.25) is 5.15 Å². The molecule has 0 N–H and O–H groups in total. The molecule has 116 valence electrons. The molecule has 3 rings (SSSR count). The van der Waals surface area contributed by atoms with Gasteiger partial charge in [0, 0.05) is 5.56 Å². The Morgan fingerprint density at radius 3 is 2.30 bits per heavy atom. The molecule has 0 radical (unpaired) electrons. The Labute approximate surface area is 139 Å². The van der Waals surface area contributed by atoms with E-state index in [0.717, 1.165) is 11.3 Å². The zero-order valence-corrected chi connectivity index (χ0v) is 13.3. The van der Waals surface area contributed by atoms with Gasteiger partial charge >= 0.3 is 5.97 Å². The van der Waals surface area contributed by atoms with Crippen molar-refractivity contribution in [3.05, 3.63) is 71.4 Å². The third kappa shape index (κ3) is 2.98. The van der Waals surface area contributed by atoms with E-state index in [1.54, 1.807) is 11.6 Å². The predicted molar refractivity (Wildman–Crippen MR) is 90.0 cm³/mol. The van der Waals surface area contributed by atoms with Crippen molar-refractivity contribution in [2.45, 2.75) is 6.92 Å². The maximum Gasteiger partial charge on any atom is 0.343 e. The summed E-state index contributed by atoms with van der Waals surface area (Å²) in [4.78, 5) is 12.3. The van der Waals surface area contributed by atoms with Crippen LogP contribution in [0.4, 0.5) is 0 Å². The first kappa shape index (κ1) is 15.3. The molecule has 0 amide bonds. The van der Waals surface area contributed by atoms with Gasteiger partial charge in [0.25, 0.3) is 0 Å². The minimum Gasteiger partial charge on any atom is -0.462 e. The summed E-state index contributed by atoms with van der Waals surface area (Å²) >= 11 is 6.44. The number of aromatic nitrogens is 2. The SMILES string of the molecule is CCOC(=O)c1c(-c2ccccc2)nn(-c2ccccc2)c1Cl. The normalized spacial score (nSPS) is 10.5. The Balaban J connectivity index is 2.20. The smallest absolute Gasteiger partial charge is 0.343 e. The van der Waals surface area contributed by atoms with Gasteiger partial charge in [0.2, 0.25) is 0 Å². The zero-order chi connectivity index (χ0) is 16.2. The number of rotatable bonds is 4. The maximum absolute atomic E-state index is 12.3. The van der Waals surface area contributed by atoms with Gasteiger partial charge in [-0.2, -0.15) is 5.10 Å². The van der Waals surface area contributed by atoms with Crippen molar-refractivity contribution in [3.63, 3.8) is 0 Å². The van der Waals surface area contributed by atoms with Crippen molar-refractivity contribution in [3.8, 4) is 16.9 Å². The van der Waals surface area contributed by atoms with Crippen LogP contribution in [-0.2, 0) is 4.74 Å². The lowest BCUT2D eigenvalue weighted by atomic mass is 10.1. The Bertz CT molecular complexity index is 814. The number of ether oxygens (including phenoxy) is 1. The van der Waals surface area contributed by atoms with Crippen molar-refractivity contribution in [2.75, 3.05) is 6.61 Å². The zero-order valence-electron chi connectivity index (χ0n) is 12.6. The second-order valence-electron chi connectivity index (χ2n) is 4.85. The monoisotopic (exact) mass is 326 g/mol. The maximum atomic E-state index is 12.3. The van der Waals surface area contributed by atoms with E-state index in [2.05, 4.69) is 5.10 Å². The van der Waals surface area contributed by atoms with Crippen LogP contribution in [0.5, 0.6) is 0 Å². The van der Waals surface area contributed by atoms with Crippen molar-refractivity contribution >= 4 is 17.6 Å².